The largest absolute Gasteiger partial charge is 0.417 e. The van der Waals surface area contributed by atoms with Crippen LogP contribution in [0.2, 0.25) is 5.02 Å². The van der Waals surface area contributed by atoms with Gasteiger partial charge in [-0.2, -0.15) is 34.7 Å². The van der Waals surface area contributed by atoms with E-state index in [4.69, 9.17) is 11.6 Å². The lowest BCUT2D eigenvalue weighted by Gasteiger charge is -2.15. The number of aromatic nitrogens is 3. The molecule has 5 nitrogen and oxygen atoms in total. The van der Waals surface area contributed by atoms with Crippen LogP contribution in [0.1, 0.15) is 12.5 Å². The van der Waals surface area contributed by atoms with Gasteiger partial charge in [0, 0.05) is 18.0 Å². The molecule has 0 aliphatic rings. The first kappa shape index (κ1) is 18.6. The molecule has 0 aromatic carbocycles. The van der Waals surface area contributed by atoms with Gasteiger partial charge in [0.25, 0.3) is 5.56 Å². The first-order valence-electron chi connectivity index (χ1n) is 6.81. The fourth-order valence-electron chi connectivity index (χ4n) is 1.93. The summed E-state index contributed by atoms with van der Waals surface area (Å²) in [6.07, 6.45) is -0.557. The number of hydrogen-bond donors (Lipinski definition) is 1. The van der Waals surface area contributed by atoms with Gasteiger partial charge in [-0.3, -0.25) is 4.79 Å². The number of halogens is 4. The number of rotatable bonds is 5. The van der Waals surface area contributed by atoms with E-state index in [0.717, 1.165) is 22.6 Å². The van der Waals surface area contributed by atoms with Crippen LogP contribution in [0.15, 0.2) is 29.3 Å². The Balaban J connectivity index is 2.32. The fourth-order valence-corrected chi connectivity index (χ4v) is 2.70. The van der Waals surface area contributed by atoms with Gasteiger partial charge >= 0.3 is 6.18 Å². The van der Waals surface area contributed by atoms with E-state index < -0.39 is 17.3 Å². The Morgan fingerprint density at radius 3 is 2.62 bits per heavy atom. The third-order valence-corrected chi connectivity index (χ3v) is 4.23. The Kier molecular flexibility index (Phi) is 5.76. The summed E-state index contributed by atoms with van der Waals surface area (Å²) in [5.41, 5.74) is -1.20. The zero-order valence-electron chi connectivity index (χ0n) is 12.8. The lowest BCUT2D eigenvalue weighted by Crippen LogP contribution is -2.26. The molecule has 24 heavy (non-hydrogen) atoms. The Bertz CT molecular complexity index is 764. The number of anilines is 1. The van der Waals surface area contributed by atoms with Crippen molar-refractivity contribution >= 4 is 29.1 Å². The fraction of sp³-hybridized carbons (Fsp3) is 0.357. The molecule has 1 unspecified atom stereocenters. The van der Waals surface area contributed by atoms with Crippen LogP contribution in [0.25, 0.3) is 5.82 Å². The summed E-state index contributed by atoms with van der Waals surface area (Å²) < 4.78 is 38.5. The summed E-state index contributed by atoms with van der Waals surface area (Å²) in [4.78, 5) is 15.9. The molecule has 0 fully saturated rings. The Morgan fingerprint density at radius 1 is 1.38 bits per heavy atom. The molecule has 0 radical (unpaired) electrons. The standard InChI is InChI=1S/C14H14ClF3N4OS/c1-8(7-24-2)21-10-6-20-22(13(23)12(10)15)11-4-3-9(5-19-11)14(16,17)18/h3-6,8,21H,7H2,1-2H3. The molecule has 130 valence electrons. The van der Waals surface area contributed by atoms with Crippen LogP contribution >= 0.6 is 23.4 Å². The third kappa shape index (κ3) is 4.21. The maximum atomic E-state index is 12.5. The molecule has 0 aliphatic carbocycles. The van der Waals surface area contributed by atoms with Gasteiger partial charge in [-0.25, -0.2) is 4.98 Å². The van der Waals surface area contributed by atoms with Crippen LogP contribution in [-0.4, -0.2) is 32.8 Å². The number of nitrogens with zero attached hydrogens (tertiary/aromatic N) is 3. The van der Waals surface area contributed by atoms with Crippen molar-refractivity contribution in [3.05, 3.63) is 45.5 Å². The van der Waals surface area contributed by atoms with E-state index in [9.17, 15) is 18.0 Å². The van der Waals surface area contributed by atoms with Crippen molar-refractivity contribution in [2.45, 2.75) is 19.1 Å². The lowest BCUT2D eigenvalue weighted by molar-refractivity contribution is -0.137. The normalized spacial score (nSPS) is 12.9. The average molecular weight is 379 g/mol. The second-order valence-electron chi connectivity index (χ2n) is 4.99. The van der Waals surface area contributed by atoms with Gasteiger partial charge in [0.15, 0.2) is 5.82 Å². The van der Waals surface area contributed by atoms with Crippen molar-refractivity contribution in [2.24, 2.45) is 0 Å². The van der Waals surface area contributed by atoms with Crippen molar-refractivity contribution in [1.82, 2.24) is 14.8 Å². The molecule has 10 heteroatoms. The second-order valence-corrected chi connectivity index (χ2v) is 6.28. The summed E-state index contributed by atoms with van der Waals surface area (Å²) in [6.45, 7) is 1.93. The topological polar surface area (TPSA) is 59.8 Å². The maximum absolute atomic E-state index is 12.5. The van der Waals surface area contributed by atoms with E-state index in [2.05, 4.69) is 15.4 Å². The average Bonchev–Trinajstić information content (AvgIpc) is 2.52. The van der Waals surface area contributed by atoms with Gasteiger partial charge in [0.1, 0.15) is 5.02 Å². The molecule has 2 aromatic heterocycles. The highest BCUT2D eigenvalue weighted by molar-refractivity contribution is 7.98. The van der Waals surface area contributed by atoms with Gasteiger partial charge in [0.05, 0.1) is 17.4 Å². The van der Waals surface area contributed by atoms with Crippen LogP contribution in [0.5, 0.6) is 0 Å². The molecule has 0 bridgehead atoms. The summed E-state index contributed by atoms with van der Waals surface area (Å²) in [5, 5.41) is 6.89. The quantitative estimate of drug-likeness (QED) is 0.863. The zero-order valence-corrected chi connectivity index (χ0v) is 14.3. The number of nitrogens with one attached hydrogen (secondary N) is 1. The molecule has 2 aromatic rings. The van der Waals surface area contributed by atoms with E-state index >= 15 is 0 Å². The highest BCUT2D eigenvalue weighted by Gasteiger charge is 2.30. The van der Waals surface area contributed by atoms with Crippen LogP contribution in [0.3, 0.4) is 0 Å². The molecule has 2 rings (SSSR count). The summed E-state index contributed by atoms with van der Waals surface area (Å²) in [5.74, 6) is 0.762. The number of thioether (sulfide) groups is 1. The molecule has 2 heterocycles. The molecule has 0 aliphatic heterocycles. The van der Waals surface area contributed by atoms with E-state index in [-0.39, 0.29) is 16.9 Å². The summed E-state index contributed by atoms with van der Waals surface area (Å²) in [7, 11) is 0. The molecule has 0 saturated carbocycles. The minimum atomic E-state index is -4.50. The molecule has 0 spiro atoms. The highest BCUT2D eigenvalue weighted by atomic mass is 35.5. The number of hydrogen-bond acceptors (Lipinski definition) is 5. The van der Waals surface area contributed by atoms with Crippen molar-refractivity contribution in [3.8, 4) is 5.82 Å². The van der Waals surface area contributed by atoms with Gasteiger partial charge in [-0.1, -0.05) is 11.6 Å². The first-order chi connectivity index (χ1) is 11.2. The van der Waals surface area contributed by atoms with E-state index in [1.165, 1.54) is 6.20 Å². The van der Waals surface area contributed by atoms with Crippen molar-refractivity contribution in [1.29, 1.82) is 0 Å². The van der Waals surface area contributed by atoms with Crippen molar-refractivity contribution in [2.75, 3.05) is 17.3 Å². The zero-order chi connectivity index (χ0) is 17.9. The van der Waals surface area contributed by atoms with Gasteiger partial charge in [0.2, 0.25) is 0 Å². The van der Waals surface area contributed by atoms with Gasteiger partial charge < -0.3 is 5.32 Å². The SMILES string of the molecule is CSCC(C)Nc1cnn(-c2ccc(C(F)(F)F)cn2)c(=O)c1Cl. The minimum Gasteiger partial charge on any atom is -0.379 e. The summed E-state index contributed by atoms with van der Waals surface area (Å²) in [6, 6.07) is 1.97. The van der Waals surface area contributed by atoms with E-state index in [1.54, 1.807) is 11.8 Å². The lowest BCUT2D eigenvalue weighted by atomic mass is 10.3. The molecule has 0 saturated heterocycles. The van der Waals surface area contributed by atoms with Crippen LogP contribution in [0.4, 0.5) is 18.9 Å². The Labute approximate surface area is 145 Å². The second kappa shape index (κ2) is 7.43. The molecule has 1 atom stereocenters. The van der Waals surface area contributed by atoms with Crippen LogP contribution in [-0.2, 0) is 6.18 Å². The summed E-state index contributed by atoms with van der Waals surface area (Å²) >= 11 is 7.68. The number of alkyl halides is 3. The molecular weight excluding hydrogens is 365 g/mol. The molecule has 0 amide bonds. The Morgan fingerprint density at radius 2 is 2.08 bits per heavy atom. The molecule has 1 N–H and O–H groups in total. The Hall–Kier alpha value is -1.74. The highest BCUT2D eigenvalue weighted by Crippen LogP contribution is 2.28. The predicted octanol–water partition coefficient (Wildman–Crippen LogP) is 3.46. The van der Waals surface area contributed by atoms with E-state index in [1.807, 2.05) is 13.2 Å². The number of pyridine rings is 1. The predicted molar refractivity (Wildman–Crippen MR) is 89.1 cm³/mol. The van der Waals surface area contributed by atoms with Crippen molar-refractivity contribution < 1.29 is 13.2 Å². The monoisotopic (exact) mass is 378 g/mol. The van der Waals surface area contributed by atoms with E-state index in [0.29, 0.717) is 11.9 Å². The first-order valence-corrected chi connectivity index (χ1v) is 8.58. The van der Waals surface area contributed by atoms with Crippen LogP contribution < -0.4 is 10.9 Å². The minimum absolute atomic E-state index is 0.0430. The smallest absolute Gasteiger partial charge is 0.379 e. The van der Waals surface area contributed by atoms with Gasteiger partial charge in [-0.05, 0) is 25.3 Å². The van der Waals surface area contributed by atoms with Gasteiger partial charge in [-0.15, -0.1) is 0 Å². The maximum Gasteiger partial charge on any atom is 0.417 e. The van der Waals surface area contributed by atoms with Crippen molar-refractivity contribution in [3.63, 3.8) is 0 Å². The van der Waals surface area contributed by atoms with Crippen LogP contribution in [0, 0.1) is 0 Å². The molecular formula is C14H14ClF3N4OS. The third-order valence-electron chi connectivity index (χ3n) is 3.03.